The summed E-state index contributed by atoms with van der Waals surface area (Å²) in [5, 5.41) is 4.38. The number of hydrogen-bond donors (Lipinski definition) is 1. The second kappa shape index (κ2) is 5.46. The number of fused-ring (bicyclic) bond motifs is 1. The van der Waals surface area contributed by atoms with E-state index in [1.807, 2.05) is 36.4 Å². The molecule has 1 aromatic carbocycles. The van der Waals surface area contributed by atoms with E-state index in [0.29, 0.717) is 23.0 Å². The predicted octanol–water partition coefficient (Wildman–Crippen LogP) is 2.48. The Balaban J connectivity index is 1.95. The van der Waals surface area contributed by atoms with Gasteiger partial charge in [0.1, 0.15) is 5.70 Å². The van der Waals surface area contributed by atoms with Gasteiger partial charge in [-0.15, -0.1) is 6.58 Å². The second-order valence-electron chi connectivity index (χ2n) is 4.62. The highest BCUT2D eigenvalue weighted by atomic mass is 32.1. The van der Waals surface area contributed by atoms with Crippen LogP contribution >= 0.6 is 12.2 Å². The predicted molar refractivity (Wildman–Crippen MR) is 87.4 cm³/mol. The second-order valence-corrected chi connectivity index (χ2v) is 5.01. The highest BCUT2D eigenvalue weighted by Crippen LogP contribution is 2.16. The van der Waals surface area contributed by atoms with Gasteiger partial charge in [0.15, 0.2) is 5.11 Å². The maximum absolute atomic E-state index is 12.2. The van der Waals surface area contributed by atoms with Gasteiger partial charge in [-0.1, -0.05) is 30.3 Å². The molecule has 1 N–H and O–H groups in total. The van der Waals surface area contributed by atoms with Crippen LogP contribution in [0.3, 0.4) is 0 Å². The van der Waals surface area contributed by atoms with Crippen molar-refractivity contribution >= 4 is 40.2 Å². The van der Waals surface area contributed by atoms with Crippen LogP contribution in [-0.2, 0) is 4.79 Å². The Kier molecular flexibility index (Phi) is 3.50. The van der Waals surface area contributed by atoms with Gasteiger partial charge in [-0.05, 0) is 30.4 Å². The lowest BCUT2D eigenvalue weighted by molar-refractivity contribution is -0.122. The van der Waals surface area contributed by atoms with Crippen LogP contribution in [0.2, 0.25) is 0 Å². The average molecular weight is 295 g/mol. The van der Waals surface area contributed by atoms with Crippen LogP contribution in [0.25, 0.3) is 17.0 Å². The van der Waals surface area contributed by atoms with Crippen molar-refractivity contribution in [3.05, 3.63) is 60.4 Å². The molecule has 0 aliphatic carbocycles. The molecule has 4 nitrogen and oxygen atoms in total. The molecule has 0 atom stereocenters. The summed E-state index contributed by atoms with van der Waals surface area (Å²) in [5.41, 5.74) is 2.04. The molecule has 0 saturated carbocycles. The fourth-order valence-corrected chi connectivity index (χ4v) is 2.44. The van der Waals surface area contributed by atoms with E-state index >= 15 is 0 Å². The van der Waals surface area contributed by atoms with Crippen LogP contribution in [0.1, 0.15) is 5.69 Å². The molecule has 2 aromatic rings. The summed E-state index contributed by atoms with van der Waals surface area (Å²) in [5.74, 6) is -0.158. The van der Waals surface area contributed by atoms with E-state index in [4.69, 9.17) is 12.2 Å². The molecule has 1 saturated heterocycles. The molecule has 3 rings (SSSR count). The monoisotopic (exact) mass is 295 g/mol. The number of thiocarbonyl (C=S) groups is 1. The van der Waals surface area contributed by atoms with Crippen LogP contribution in [-0.4, -0.2) is 27.4 Å². The van der Waals surface area contributed by atoms with Gasteiger partial charge >= 0.3 is 0 Å². The zero-order valence-corrected chi connectivity index (χ0v) is 12.1. The van der Waals surface area contributed by atoms with Gasteiger partial charge in [0.25, 0.3) is 5.91 Å². The summed E-state index contributed by atoms with van der Waals surface area (Å²) in [6.45, 7) is 4.02. The van der Waals surface area contributed by atoms with Gasteiger partial charge in [-0.25, -0.2) is 4.98 Å². The topological polar surface area (TPSA) is 45.2 Å². The Bertz CT molecular complexity index is 782. The summed E-state index contributed by atoms with van der Waals surface area (Å²) in [6.07, 6.45) is 3.35. The van der Waals surface area contributed by atoms with Crippen molar-refractivity contribution in [1.29, 1.82) is 0 Å². The minimum Gasteiger partial charge on any atom is -0.328 e. The highest BCUT2D eigenvalue weighted by Gasteiger charge is 2.29. The Labute approximate surface area is 127 Å². The third-order valence-electron chi connectivity index (χ3n) is 3.19. The fourth-order valence-electron chi connectivity index (χ4n) is 2.18. The number of aromatic nitrogens is 1. The summed E-state index contributed by atoms with van der Waals surface area (Å²) in [4.78, 5) is 18.2. The van der Waals surface area contributed by atoms with Crippen LogP contribution in [0.5, 0.6) is 0 Å². The van der Waals surface area contributed by atoms with Crippen molar-refractivity contribution in [2.45, 2.75) is 0 Å². The lowest BCUT2D eigenvalue weighted by Crippen LogP contribution is -2.30. The molecule has 0 radical (unpaired) electrons. The first kappa shape index (κ1) is 13.5. The molecule has 0 unspecified atom stereocenters. The molecule has 1 aromatic heterocycles. The average Bonchev–Trinajstić information content (AvgIpc) is 2.75. The van der Waals surface area contributed by atoms with Crippen LogP contribution < -0.4 is 5.32 Å². The van der Waals surface area contributed by atoms with E-state index in [-0.39, 0.29) is 5.91 Å². The standard InChI is InChI=1S/C16H13N3OS/c1-2-9-19-15(20)14(18-16(19)21)10-12-8-7-11-5-3-4-6-13(11)17-12/h2-8,10H,1,9H2,(H,18,21)/b14-10-. The van der Waals surface area contributed by atoms with Gasteiger partial charge in [-0.3, -0.25) is 9.69 Å². The van der Waals surface area contributed by atoms with Crippen molar-refractivity contribution in [3.8, 4) is 0 Å². The van der Waals surface area contributed by atoms with Crippen molar-refractivity contribution in [3.63, 3.8) is 0 Å². The normalized spacial score (nSPS) is 16.6. The lowest BCUT2D eigenvalue weighted by Gasteiger charge is -2.09. The number of benzene rings is 1. The molecular formula is C16H13N3OS. The quantitative estimate of drug-likeness (QED) is 0.537. The third-order valence-corrected chi connectivity index (χ3v) is 3.51. The number of nitrogens with zero attached hydrogens (tertiary/aromatic N) is 2. The van der Waals surface area contributed by atoms with Gasteiger partial charge in [0, 0.05) is 11.9 Å². The zero-order valence-electron chi connectivity index (χ0n) is 11.2. The Morgan fingerprint density at radius 3 is 2.90 bits per heavy atom. The van der Waals surface area contributed by atoms with Gasteiger partial charge in [0.05, 0.1) is 11.2 Å². The number of pyridine rings is 1. The number of carbonyl (C=O) groups is 1. The third kappa shape index (κ3) is 2.55. The number of amides is 1. The van der Waals surface area contributed by atoms with Crippen LogP contribution in [0, 0.1) is 0 Å². The number of hydrogen-bond acceptors (Lipinski definition) is 3. The van der Waals surface area contributed by atoms with Crippen molar-refractivity contribution in [1.82, 2.24) is 15.2 Å². The smallest absolute Gasteiger partial charge is 0.276 e. The number of carbonyl (C=O) groups excluding carboxylic acids is 1. The Morgan fingerprint density at radius 2 is 2.10 bits per heavy atom. The summed E-state index contributed by atoms with van der Waals surface area (Å²) < 4.78 is 0. The Morgan fingerprint density at radius 1 is 1.29 bits per heavy atom. The molecule has 0 spiro atoms. The maximum Gasteiger partial charge on any atom is 0.276 e. The largest absolute Gasteiger partial charge is 0.328 e. The molecule has 1 fully saturated rings. The fraction of sp³-hybridized carbons (Fsp3) is 0.0625. The number of rotatable bonds is 3. The van der Waals surface area contributed by atoms with Crippen LogP contribution in [0.4, 0.5) is 0 Å². The lowest BCUT2D eigenvalue weighted by atomic mass is 10.2. The molecular weight excluding hydrogens is 282 g/mol. The van der Waals surface area contributed by atoms with Crippen molar-refractivity contribution in [2.24, 2.45) is 0 Å². The number of nitrogens with one attached hydrogen (secondary N) is 1. The number of para-hydroxylation sites is 1. The minimum absolute atomic E-state index is 0.158. The minimum atomic E-state index is -0.158. The van der Waals surface area contributed by atoms with E-state index in [1.54, 1.807) is 12.2 Å². The molecule has 0 bridgehead atoms. The first-order chi connectivity index (χ1) is 10.2. The molecule has 21 heavy (non-hydrogen) atoms. The molecule has 1 amide bonds. The maximum atomic E-state index is 12.2. The first-order valence-corrected chi connectivity index (χ1v) is 6.91. The van der Waals surface area contributed by atoms with E-state index in [9.17, 15) is 4.79 Å². The Hall–Kier alpha value is -2.53. The molecule has 104 valence electrons. The van der Waals surface area contributed by atoms with Gasteiger partial charge < -0.3 is 5.32 Å². The van der Waals surface area contributed by atoms with Crippen molar-refractivity contribution < 1.29 is 4.79 Å². The van der Waals surface area contributed by atoms with Crippen molar-refractivity contribution in [2.75, 3.05) is 6.54 Å². The molecule has 2 heterocycles. The first-order valence-electron chi connectivity index (χ1n) is 6.50. The zero-order chi connectivity index (χ0) is 14.8. The van der Waals surface area contributed by atoms with Crippen LogP contribution in [0.15, 0.2) is 54.8 Å². The summed E-state index contributed by atoms with van der Waals surface area (Å²) >= 11 is 5.14. The summed E-state index contributed by atoms with van der Waals surface area (Å²) in [6, 6.07) is 11.7. The van der Waals surface area contributed by atoms with E-state index in [1.165, 1.54) is 4.90 Å². The molecule has 1 aliphatic heterocycles. The van der Waals surface area contributed by atoms with E-state index in [2.05, 4.69) is 16.9 Å². The SMILES string of the molecule is C=CCN1C(=O)/C(=C/c2ccc3ccccc3n2)NC1=S. The molecule has 1 aliphatic rings. The summed E-state index contributed by atoms with van der Waals surface area (Å²) in [7, 11) is 0. The van der Waals surface area contributed by atoms with E-state index < -0.39 is 0 Å². The molecule has 5 heteroatoms. The highest BCUT2D eigenvalue weighted by molar-refractivity contribution is 7.80. The van der Waals surface area contributed by atoms with Gasteiger partial charge in [0.2, 0.25) is 0 Å². The van der Waals surface area contributed by atoms with E-state index in [0.717, 1.165) is 10.9 Å². The van der Waals surface area contributed by atoms with Gasteiger partial charge in [-0.2, -0.15) is 0 Å².